The lowest BCUT2D eigenvalue weighted by molar-refractivity contribution is -0.219. The molecule has 5 heteroatoms. The van der Waals surface area contributed by atoms with Crippen molar-refractivity contribution in [1.82, 2.24) is 24.9 Å². The fourth-order valence-corrected chi connectivity index (χ4v) is 9.71. The molecule has 3 saturated carbocycles. The van der Waals surface area contributed by atoms with Gasteiger partial charge in [-0.25, -0.2) is 19.9 Å². The van der Waals surface area contributed by atoms with Crippen LogP contribution in [0.25, 0.3) is 78.9 Å². The summed E-state index contributed by atoms with van der Waals surface area (Å²) in [5, 5.41) is 0. The topological polar surface area (TPSA) is 64.5 Å². The lowest BCUT2D eigenvalue weighted by atomic mass is 9.28. The van der Waals surface area contributed by atoms with E-state index in [9.17, 15) is 0 Å². The predicted molar refractivity (Wildman–Crippen MR) is 219 cm³/mol. The molecule has 2 unspecified atom stereocenters. The minimum atomic E-state index is 0.381. The smallest absolute Gasteiger partial charge is 0.160 e. The van der Waals surface area contributed by atoms with Gasteiger partial charge in [0, 0.05) is 45.8 Å². The molecule has 3 heterocycles. The molecule has 5 aromatic carbocycles. The summed E-state index contributed by atoms with van der Waals surface area (Å²) in [7, 11) is 0. The van der Waals surface area contributed by atoms with Crippen LogP contribution in [-0.4, -0.2) is 24.9 Å². The quantitative estimate of drug-likeness (QED) is 0.157. The van der Waals surface area contributed by atoms with Crippen molar-refractivity contribution in [2.75, 3.05) is 0 Å². The standard InChI is InChI=1S/C50H37N5/c1-3-10-33(11-4-1)43-27-44(34-12-5-2-6-13-34)53-48(52-43)37-15-7-16-38(24-37)49-54-45(35-21-19-32(20-22-35)39-17-9-23-51-31-39)28-46(55-49)36-14-8-18-42(26-36)50-29-40-25-41(30-50)47(40)50/h1-24,26-28,31,40-41,47H,25,29-30H2. The minimum Gasteiger partial charge on any atom is -0.264 e. The molecule has 3 aliphatic carbocycles. The van der Waals surface area contributed by atoms with Crippen molar-refractivity contribution in [1.29, 1.82) is 0 Å². The zero-order valence-corrected chi connectivity index (χ0v) is 30.3. The van der Waals surface area contributed by atoms with Gasteiger partial charge < -0.3 is 0 Å². The van der Waals surface area contributed by atoms with Crippen molar-refractivity contribution in [3.63, 3.8) is 0 Å². The van der Waals surface area contributed by atoms with Crippen LogP contribution in [0, 0.1) is 17.8 Å². The molecule has 3 fully saturated rings. The number of hydrogen-bond donors (Lipinski definition) is 0. The van der Waals surface area contributed by atoms with Crippen LogP contribution < -0.4 is 0 Å². The fraction of sp³-hybridized carbons (Fsp3) is 0.140. The first-order valence-corrected chi connectivity index (χ1v) is 19.3. The van der Waals surface area contributed by atoms with Crippen LogP contribution in [0.15, 0.2) is 170 Å². The van der Waals surface area contributed by atoms with Gasteiger partial charge >= 0.3 is 0 Å². The maximum atomic E-state index is 5.30. The molecular formula is C50H37N5. The number of aromatic nitrogens is 5. The maximum absolute atomic E-state index is 5.30. The molecule has 3 aliphatic rings. The summed E-state index contributed by atoms with van der Waals surface area (Å²) in [6.45, 7) is 0. The second-order valence-electron chi connectivity index (χ2n) is 15.5. The van der Waals surface area contributed by atoms with Gasteiger partial charge in [0.05, 0.1) is 22.8 Å². The van der Waals surface area contributed by atoms with E-state index in [1.54, 1.807) is 6.20 Å². The Morgan fingerprint density at radius 2 is 0.891 bits per heavy atom. The molecule has 55 heavy (non-hydrogen) atoms. The van der Waals surface area contributed by atoms with Crippen molar-refractivity contribution in [3.05, 3.63) is 176 Å². The summed E-state index contributed by atoms with van der Waals surface area (Å²) < 4.78 is 0. The van der Waals surface area contributed by atoms with Crippen molar-refractivity contribution >= 4 is 0 Å². The van der Waals surface area contributed by atoms with E-state index < -0.39 is 0 Å². The molecular weight excluding hydrogens is 671 g/mol. The Morgan fingerprint density at radius 3 is 1.44 bits per heavy atom. The summed E-state index contributed by atoms with van der Waals surface area (Å²) in [5.41, 5.74) is 13.7. The van der Waals surface area contributed by atoms with Crippen molar-refractivity contribution in [3.8, 4) is 78.9 Å². The minimum absolute atomic E-state index is 0.381. The monoisotopic (exact) mass is 707 g/mol. The molecule has 0 N–H and O–H groups in total. The largest absolute Gasteiger partial charge is 0.264 e. The van der Waals surface area contributed by atoms with Gasteiger partial charge in [0.25, 0.3) is 0 Å². The molecule has 0 spiro atoms. The third kappa shape index (κ3) is 5.49. The van der Waals surface area contributed by atoms with Crippen LogP contribution in [0.3, 0.4) is 0 Å². The Bertz CT molecular complexity index is 2620. The summed E-state index contributed by atoms with van der Waals surface area (Å²) in [6, 6.07) is 55.0. The second kappa shape index (κ2) is 12.8. The van der Waals surface area contributed by atoms with Crippen LogP contribution in [0.5, 0.6) is 0 Å². The predicted octanol–water partition coefficient (Wildman–Crippen LogP) is 11.6. The van der Waals surface area contributed by atoms with Gasteiger partial charge in [0.1, 0.15) is 0 Å². The van der Waals surface area contributed by atoms with Gasteiger partial charge in [-0.15, -0.1) is 0 Å². The van der Waals surface area contributed by atoms with Gasteiger partial charge in [-0.2, -0.15) is 0 Å². The van der Waals surface area contributed by atoms with Gasteiger partial charge in [0.2, 0.25) is 0 Å². The Hall–Kier alpha value is -6.59. The van der Waals surface area contributed by atoms with Crippen LogP contribution in [-0.2, 0) is 5.41 Å². The molecule has 3 aromatic heterocycles. The molecule has 0 amide bonds. The number of pyridine rings is 1. The summed E-state index contributed by atoms with van der Waals surface area (Å²) in [6.07, 6.45) is 7.83. The number of benzene rings is 5. The normalized spacial score (nSPS) is 20.4. The first kappa shape index (κ1) is 31.9. The van der Waals surface area contributed by atoms with E-state index in [0.29, 0.717) is 17.1 Å². The second-order valence-corrected chi connectivity index (χ2v) is 15.5. The van der Waals surface area contributed by atoms with E-state index in [1.807, 2.05) is 48.7 Å². The SMILES string of the molecule is c1ccc(-c2cc(-c3ccccc3)nc(-c3cccc(-c4nc(-c5ccc(-c6cccnc6)cc5)cc(-c5cccc(C67CC8CC(C6)C87)c5)n4)c3)n2)cc1. The molecule has 5 nitrogen and oxygen atoms in total. The molecule has 0 saturated heterocycles. The molecule has 262 valence electrons. The maximum Gasteiger partial charge on any atom is 0.160 e. The van der Waals surface area contributed by atoms with E-state index in [1.165, 1.54) is 24.8 Å². The van der Waals surface area contributed by atoms with E-state index in [2.05, 4.69) is 120 Å². The van der Waals surface area contributed by atoms with E-state index in [4.69, 9.17) is 19.9 Å². The highest BCUT2D eigenvalue weighted by molar-refractivity contribution is 5.77. The van der Waals surface area contributed by atoms with E-state index in [-0.39, 0.29) is 0 Å². The lowest BCUT2D eigenvalue weighted by Gasteiger charge is -2.76. The fourth-order valence-electron chi connectivity index (χ4n) is 9.71. The first-order valence-electron chi connectivity index (χ1n) is 19.3. The molecule has 0 bridgehead atoms. The first-order chi connectivity index (χ1) is 27.2. The number of hydrogen-bond acceptors (Lipinski definition) is 5. The van der Waals surface area contributed by atoms with Crippen LogP contribution >= 0.6 is 0 Å². The Morgan fingerprint density at radius 1 is 0.400 bits per heavy atom. The average molecular weight is 708 g/mol. The summed E-state index contributed by atoms with van der Waals surface area (Å²) in [4.78, 5) is 25.1. The molecule has 2 atom stereocenters. The highest BCUT2D eigenvalue weighted by Gasteiger charge is 2.71. The van der Waals surface area contributed by atoms with E-state index >= 15 is 0 Å². The lowest BCUT2D eigenvalue weighted by Crippen LogP contribution is -2.71. The van der Waals surface area contributed by atoms with Crippen molar-refractivity contribution < 1.29 is 0 Å². The van der Waals surface area contributed by atoms with Crippen molar-refractivity contribution in [2.24, 2.45) is 17.8 Å². The molecule has 0 aliphatic heterocycles. The van der Waals surface area contributed by atoms with Crippen LogP contribution in [0.2, 0.25) is 0 Å². The highest BCUT2D eigenvalue weighted by Crippen LogP contribution is 2.77. The Labute approximate surface area is 320 Å². The third-order valence-corrected chi connectivity index (χ3v) is 12.4. The Balaban J connectivity index is 1.02. The Kier molecular flexibility index (Phi) is 7.41. The zero-order chi connectivity index (χ0) is 36.3. The van der Waals surface area contributed by atoms with Gasteiger partial charge in [-0.1, -0.05) is 127 Å². The zero-order valence-electron chi connectivity index (χ0n) is 30.3. The third-order valence-electron chi connectivity index (χ3n) is 12.4. The van der Waals surface area contributed by atoms with Crippen LogP contribution in [0.4, 0.5) is 0 Å². The highest BCUT2D eigenvalue weighted by atomic mass is 14.9. The molecule has 0 radical (unpaired) electrons. The number of rotatable bonds is 8. The molecule has 11 rings (SSSR count). The van der Waals surface area contributed by atoms with Gasteiger partial charge in [-0.05, 0) is 89.5 Å². The summed E-state index contributed by atoms with van der Waals surface area (Å²) in [5.74, 6) is 4.11. The summed E-state index contributed by atoms with van der Waals surface area (Å²) >= 11 is 0. The molecule has 8 aromatic rings. The van der Waals surface area contributed by atoms with Crippen LogP contribution in [0.1, 0.15) is 24.8 Å². The van der Waals surface area contributed by atoms with E-state index in [0.717, 1.165) is 85.0 Å². The average Bonchev–Trinajstić information content (AvgIpc) is 3.27. The van der Waals surface area contributed by atoms with Gasteiger partial charge in [-0.3, -0.25) is 4.98 Å². The number of nitrogens with zero attached hydrogens (tertiary/aromatic N) is 5. The van der Waals surface area contributed by atoms with Crippen molar-refractivity contribution in [2.45, 2.75) is 24.7 Å². The van der Waals surface area contributed by atoms with Gasteiger partial charge in [0.15, 0.2) is 11.6 Å².